The molecule has 0 heterocycles. The van der Waals surface area contributed by atoms with Crippen LogP contribution in [-0.2, 0) is 39.0 Å². The molecular weight excluding hydrogens is 331 g/mol. The summed E-state index contributed by atoms with van der Waals surface area (Å²) in [6, 6.07) is 20.3. The first-order valence-electron chi connectivity index (χ1n) is 7.59. The minimum atomic E-state index is 0. The molecule has 0 bridgehead atoms. The monoisotopic (exact) mass is 351 g/mol. The molecule has 3 aromatic rings. The summed E-state index contributed by atoms with van der Waals surface area (Å²) in [4.78, 5) is 0. The van der Waals surface area contributed by atoms with Crippen LogP contribution in [-0.4, -0.2) is 0 Å². The van der Waals surface area contributed by atoms with E-state index in [-0.39, 0.29) is 26.2 Å². The van der Waals surface area contributed by atoms with Gasteiger partial charge in [0.2, 0.25) is 0 Å². The first-order valence-corrected chi connectivity index (χ1v) is 7.59. The fraction of sp³-hybridized carbons (Fsp3) is 0.250. The molecule has 3 aromatic carbocycles. The summed E-state index contributed by atoms with van der Waals surface area (Å²) < 4.78 is 0. The summed E-state index contributed by atoms with van der Waals surface area (Å²) in [5.41, 5.74) is 5.53. The van der Waals surface area contributed by atoms with Gasteiger partial charge in [0.25, 0.3) is 0 Å². The molecule has 0 N–H and O–H groups in total. The molecule has 21 heavy (non-hydrogen) atoms. The fourth-order valence-electron chi connectivity index (χ4n) is 2.90. The number of hydrogen-bond donors (Lipinski definition) is 0. The summed E-state index contributed by atoms with van der Waals surface area (Å²) >= 11 is 0. The zero-order chi connectivity index (χ0) is 13.9. The van der Waals surface area contributed by atoms with Crippen molar-refractivity contribution in [3.63, 3.8) is 0 Å². The van der Waals surface area contributed by atoms with Gasteiger partial charge in [-0.25, -0.2) is 0 Å². The van der Waals surface area contributed by atoms with Gasteiger partial charge >= 0.3 is 0 Å². The molecule has 0 radical (unpaired) electrons. The Hall–Kier alpha value is -1.07. The third-order valence-corrected chi connectivity index (χ3v) is 4.02. The summed E-state index contributed by atoms with van der Waals surface area (Å²) in [6.07, 6.45) is 3.47. The average Bonchev–Trinajstić information content (AvgIpc) is 2.90. The quantitative estimate of drug-likeness (QED) is 0.525. The van der Waals surface area contributed by atoms with Crippen molar-refractivity contribution >= 4 is 10.8 Å². The third-order valence-electron chi connectivity index (χ3n) is 4.02. The fourth-order valence-corrected chi connectivity index (χ4v) is 2.90. The third kappa shape index (κ3) is 3.40. The molecule has 0 saturated carbocycles. The maximum Gasteiger partial charge on any atom is 0 e. The van der Waals surface area contributed by atoms with Crippen LogP contribution in [0.15, 0.2) is 54.6 Å². The topological polar surface area (TPSA) is 0 Å². The van der Waals surface area contributed by atoms with Crippen molar-refractivity contribution in [3.05, 3.63) is 65.7 Å². The van der Waals surface area contributed by atoms with E-state index in [2.05, 4.69) is 68.4 Å². The van der Waals surface area contributed by atoms with E-state index in [0.29, 0.717) is 0 Å². The predicted molar refractivity (Wildman–Crippen MR) is 88.4 cm³/mol. The summed E-state index contributed by atoms with van der Waals surface area (Å²) in [5, 5.41) is 2.76. The standard InChI is InChI=1S/C20H21.Zr/c1-3-6-16-13-18-7-5-8-19(20(18)14-16)17-11-9-15(4-2)10-12-17;/h5,7-14H,3-4,6H2,1-2H3;/q-1;. The van der Waals surface area contributed by atoms with Crippen molar-refractivity contribution in [1.29, 1.82) is 0 Å². The van der Waals surface area contributed by atoms with Crippen LogP contribution < -0.4 is 0 Å². The first kappa shape index (κ1) is 16.3. The van der Waals surface area contributed by atoms with Crippen molar-refractivity contribution in [2.75, 3.05) is 0 Å². The van der Waals surface area contributed by atoms with E-state index < -0.39 is 0 Å². The smallest absolute Gasteiger partial charge is 0 e. The van der Waals surface area contributed by atoms with Gasteiger partial charge in [0.05, 0.1) is 0 Å². The van der Waals surface area contributed by atoms with Gasteiger partial charge in [-0.2, -0.15) is 6.07 Å². The Morgan fingerprint density at radius 2 is 1.71 bits per heavy atom. The van der Waals surface area contributed by atoms with E-state index in [0.717, 1.165) is 6.42 Å². The zero-order valence-corrected chi connectivity index (χ0v) is 15.3. The molecule has 1 heteroatoms. The van der Waals surface area contributed by atoms with E-state index in [1.165, 1.54) is 45.9 Å². The van der Waals surface area contributed by atoms with Gasteiger partial charge in [-0.3, -0.25) is 0 Å². The van der Waals surface area contributed by atoms with Crippen LogP contribution in [0.25, 0.3) is 21.9 Å². The van der Waals surface area contributed by atoms with Crippen molar-refractivity contribution in [1.82, 2.24) is 0 Å². The van der Waals surface area contributed by atoms with Gasteiger partial charge in [0, 0.05) is 26.2 Å². The molecule has 0 unspecified atom stereocenters. The first-order chi connectivity index (χ1) is 9.81. The summed E-state index contributed by atoms with van der Waals surface area (Å²) in [7, 11) is 0. The molecule has 0 aliphatic rings. The molecular formula is C20H21Zr-. The molecule has 0 atom stereocenters. The second kappa shape index (κ2) is 7.27. The van der Waals surface area contributed by atoms with Crippen LogP contribution in [0.1, 0.15) is 31.4 Å². The second-order valence-electron chi connectivity index (χ2n) is 5.47. The molecule has 0 aromatic heterocycles. The van der Waals surface area contributed by atoms with Crippen LogP contribution in [0, 0.1) is 0 Å². The van der Waals surface area contributed by atoms with Crippen molar-refractivity contribution in [3.8, 4) is 11.1 Å². The number of aryl methyl sites for hydroxylation is 2. The van der Waals surface area contributed by atoms with E-state index in [1.807, 2.05) is 0 Å². The van der Waals surface area contributed by atoms with Gasteiger partial charge in [0.15, 0.2) is 0 Å². The molecule has 0 saturated heterocycles. The maximum atomic E-state index is 2.36. The largest absolute Gasteiger partial charge is 0.164 e. The Kier molecular flexibility index (Phi) is 5.65. The molecule has 0 nitrogen and oxygen atoms in total. The van der Waals surface area contributed by atoms with Crippen LogP contribution in [0.5, 0.6) is 0 Å². The Balaban J connectivity index is 0.00000161. The predicted octanol–water partition coefficient (Wildman–Crippen LogP) is 5.74. The van der Waals surface area contributed by atoms with Crippen LogP contribution in [0.4, 0.5) is 0 Å². The molecule has 106 valence electrons. The molecule has 0 aliphatic heterocycles. The SMILES string of the molecule is CCCc1cc2c(-c3ccc(CC)cc3)cccc2[cH-]1.[Zr]. The Bertz CT molecular complexity index is 704. The molecule has 3 rings (SSSR count). The van der Waals surface area contributed by atoms with E-state index in [4.69, 9.17) is 0 Å². The van der Waals surface area contributed by atoms with Crippen molar-refractivity contribution < 1.29 is 26.2 Å². The molecule has 0 spiro atoms. The van der Waals surface area contributed by atoms with E-state index in [9.17, 15) is 0 Å². The van der Waals surface area contributed by atoms with E-state index in [1.54, 1.807) is 0 Å². The Morgan fingerprint density at radius 3 is 2.38 bits per heavy atom. The number of hydrogen-bond acceptors (Lipinski definition) is 0. The zero-order valence-electron chi connectivity index (χ0n) is 12.8. The van der Waals surface area contributed by atoms with Gasteiger partial charge in [0.1, 0.15) is 0 Å². The van der Waals surface area contributed by atoms with Crippen LogP contribution in [0.3, 0.4) is 0 Å². The minimum absolute atomic E-state index is 0. The minimum Gasteiger partial charge on any atom is -0.164 e. The van der Waals surface area contributed by atoms with Crippen LogP contribution >= 0.6 is 0 Å². The average molecular weight is 353 g/mol. The Morgan fingerprint density at radius 1 is 0.952 bits per heavy atom. The van der Waals surface area contributed by atoms with Crippen molar-refractivity contribution in [2.24, 2.45) is 0 Å². The van der Waals surface area contributed by atoms with Crippen LogP contribution in [0.2, 0.25) is 0 Å². The molecule has 0 aliphatic carbocycles. The van der Waals surface area contributed by atoms with Crippen molar-refractivity contribution in [2.45, 2.75) is 33.1 Å². The number of rotatable bonds is 4. The summed E-state index contributed by atoms with van der Waals surface area (Å²) in [5.74, 6) is 0. The molecule has 0 amide bonds. The number of benzene rings is 2. The van der Waals surface area contributed by atoms with Gasteiger partial charge < -0.3 is 0 Å². The maximum absolute atomic E-state index is 2.36. The summed E-state index contributed by atoms with van der Waals surface area (Å²) in [6.45, 7) is 4.44. The molecule has 0 fully saturated rings. The number of fused-ring (bicyclic) bond motifs is 1. The van der Waals surface area contributed by atoms with E-state index >= 15 is 0 Å². The van der Waals surface area contributed by atoms with Gasteiger partial charge in [-0.15, -0.1) is 34.5 Å². The second-order valence-corrected chi connectivity index (χ2v) is 5.47. The Labute approximate surface area is 146 Å². The van der Waals surface area contributed by atoms with Gasteiger partial charge in [-0.05, 0) is 24.0 Å². The normalized spacial score (nSPS) is 10.6. The van der Waals surface area contributed by atoms with Gasteiger partial charge in [-0.1, -0.05) is 56.2 Å².